The number of halogens is 1. The number of ether oxygens (including phenoxy) is 3. The van der Waals surface area contributed by atoms with Gasteiger partial charge in [0.05, 0.1) is 18.8 Å². The van der Waals surface area contributed by atoms with E-state index >= 15 is 4.39 Å². The first-order valence-electron chi connectivity index (χ1n) is 11.4. The van der Waals surface area contributed by atoms with Gasteiger partial charge in [0.1, 0.15) is 5.82 Å². The highest BCUT2D eigenvalue weighted by Gasteiger charge is 2.50. The first kappa shape index (κ1) is 20.2. The zero-order valence-electron chi connectivity index (χ0n) is 18.2. The lowest BCUT2D eigenvalue weighted by Crippen LogP contribution is -2.41. The fourth-order valence-corrected chi connectivity index (χ4v) is 5.10. The van der Waals surface area contributed by atoms with E-state index in [0.29, 0.717) is 44.2 Å². The third-order valence-corrected chi connectivity index (χ3v) is 6.76. The molecule has 33 heavy (non-hydrogen) atoms. The molecule has 1 unspecified atom stereocenters. The molecule has 1 fully saturated rings. The first-order valence-corrected chi connectivity index (χ1v) is 11.4. The van der Waals surface area contributed by atoms with Crippen molar-refractivity contribution in [3.8, 4) is 11.5 Å². The van der Waals surface area contributed by atoms with Crippen LogP contribution in [0.5, 0.6) is 11.5 Å². The number of aryl methyl sites for hydroxylation is 1. The summed E-state index contributed by atoms with van der Waals surface area (Å²) in [5.74, 6) is -1.45. The second kappa shape index (κ2) is 7.89. The van der Waals surface area contributed by atoms with Crippen molar-refractivity contribution in [1.29, 1.82) is 0 Å². The van der Waals surface area contributed by atoms with Crippen molar-refractivity contribution in [3.05, 3.63) is 94.4 Å². The van der Waals surface area contributed by atoms with Crippen molar-refractivity contribution in [2.45, 2.75) is 25.0 Å². The molecule has 2 aromatic carbocycles. The van der Waals surface area contributed by atoms with Gasteiger partial charge in [0.2, 0.25) is 0 Å². The first-order chi connectivity index (χ1) is 16.2. The van der Waals surface area contributed by atoms with Crippen LogP contribution < -0.4 is 9.47 Å². The number of morpholine rings is 1. The molecule has 2 aromatic rings. The molecule has 1 atom stereocenters. The van der Waals surface area contributed by atoms with Crippen molar-refractivity contribution in [1.82, 2.24) is 4.90 Å². The summed E-state index contributed by atoms with van der Waals surface area (Å²) in [5.41, 5.74) is 4.23. The number of rotatable bonds is 1. The Morgan fingerprint density at radius 3 is 2.64 bits per heavy atom. The van der Waals surface area contributed by atoms with Gasteiger partial charge in [-0.15, -0.1) is 0 Å². The van der Waals surface area contributed by atoms with Gasteiger partial charge >= 0.3 is 5.79 Å². The van der Waals surface area contributed by atoms with E-state index in [2.05, 4.69) is 18.2 Å². The number of amides is 1. The van der Waals surface area contributed by atoms with Crippen molar-refractivity contribution < 1.29 is 23.4 Å². The molecule has 0 bridgehead atoms. The molecule has 1 spiro atoms. The van der Waals surface area contributed by atoms with E-state index in [0.717, 1.165) is 35.1 Å². The Morgan fingerprint density at radius 1 is 1.00 bits per heavy atom. The van der Waals surface area contributed by atoms with E-state index in [4.69, 9.17) is 14.2 Å². The quantitative estimate of drug-likeness (QED) is 0.640. The number of benzene rings is 2. The molecule has 0 N–H and O–H groups in total. The summed E-state index contributed by atoms with van der Waals surface area (Å²) in [5, 5.41) is 0. The van der Waals surface area contributed by atoms with E-state index in [1.807, 2.05) is 30.4 Å². The second-order valence-corrected chi connectivity index (χ2v) is 8.66. The summed E-state index contributed by atoms with van der Waals surface area (Å²) in [6.45, 7) is 1.80. The van der Waals surface area contributed by atoms with Crippen LogP contribution in [-0.4, -0.2) is 37.1 Å². The van der Waals surface area contributed by atoms with Gasteiger partial charge in [-0.25, -0.2) is 4.39 Å². The molecule has 0 aromatic heterocycles. The van der Waals surface area contributed by atoms with Crippen LogP contribution in [0.25, 0.3) is 0 Å². The van der Waals surface area contributed by atoms with Crippen molar-refractivity contribution >= 4 is 5.91 Å². The van der Waals surface area contributed by atoms with Gasteiger partial charge < -0.3 is 19.1 Å². The number of hydrogen-bond acceptors (Lipinski definition) is 4. The largest absolute Gasteiger partial charge is 0.441 e. The Balaban J connectivity index is 1.46. The van der Waals surface area contributed by atoms with Crippen molar-refractivity contribution in [2.75, 3.05) is 26.3 Å². The van der Waals surface area contributed by atoms with E-state index in [1.165, 1.54) is 12.1 Å². The summed E-state index contributed by atoms with van der Waals surface area (Å²) in [6.07, 6.45) is 10.6. The number of nitrogens with zero attached hydrogens (tertiary/aromatic N) is 1. The SMILES string of the molecule is O=C(c1cc2c(cc1F)OC1(O2)C2=C(C=CC=CC2)CCc2ccccc21)N1CCOCC1. The zero-order chi connectivity index (χ0) is 22.4. The molecule has 4 aliphatic rings. The van der Waals surface area contributed by atoms with Crippen LogP contribution in [-0.2, 0) is 16.9 Å². The summed E-state index contributed by atoms with van der Waals surface area (Å²) in [4.78, 5) is 14.6. The van der Waals surface area contributed by atoms with Crippen LogP contribution in [0.4, 0.5) is 4.39 Å². The average molecular weight is 445 g/mol. The van der Waals surface area contributed by atoms with Crippen LogP contribution >= 0.6 is 0 Å². The highest BCUT2D eigenvalue weighted by Crippen LogP contribution is 2.52. The molecule has 0 radical (unpaired) electrons. The van der Waals surface area contributed by atoms with Gasteiger partial charge in [0.15, 0.2) is 11.5 Å². The molecule has 1 amide bonds. The van der Waals surface area contributed by atoms with Crippen molar-refractivity contribution in [3.63, 3.8) is 0 Å². The minimum atomic E-state index is -1.18. The topological polar surface area (TPSA) is 48.0 Å². The van der Waals surface area contributed by atoms with Gasteiger partial charge in [-0.1, -0.05) is 48.6 Å². The van der Waals surface area contributed by atoms with Gasteiger partial charge in [0, 0.05) is 30.3 Å². The van der Waals surface area contributed by atoms with Crippen LogP contribution in [0.3, 0.4) is 0 Å². The fourth-order valence-electron chi connectivity index (χ4n) is 5.10. The molecule has 1 saturated heterocycles. The van der Waals surface area contributed by atoms with E-state index < -0.39 is 11.6 Å². The Bertz CT molecular complexity index is 1220. The molecule has 0 saturated carbocycles. The molecular weight excluding hydrogens is 421 g/mol. The Labute approximate surface area is 191 Å². The smallest absolute Gasteiger partial charge is 0.302 e. The summed E-state index contributed by atoms with van der Waals surface area (Å²) < 4.78 is 33.5. The summed E-state index contributed by atoms with van der Waals surface area (Å²) >= 11 is 0. The van der Waals surface area contributed by atoms with Crippen LogP contribution in [0.1, 0.15) is 34.3 Å². The molecule has 5 nitrogen and oxygen atoms in total. The maximum atomic E-state index is 15.1. The normalized spacial score (nSPS) is 23.2. The Morgan fingerprint density at radius 2 is 1.79 bits per heavy atom. The standard InChI is InChI=1S/C27H24FNO4/c28-23-17-25-24(16-20(23)26(30)29-12-14-31-15-13-29)32-27(33-25)21-8-3-1-2-6-18(21)10-11-19-7-4-5-9-22(19)27/h1-7,9,16-17H,8,10-15H2. The average Bonchev–Trinajstić information content (AvgIpc) is 2.98. The van der Waals surface area contributed by atoms with Crippen LogP contribution in [0.2, 0.25) is 0 Å². The minimum absolute atomic E-state index is 0.00642. The molecule has 168 valence electrons. The Kier molecular flexibility index (Phi) is 4.84. The maximum Gasteiger partial charge on any atom is 0.302 e. The molecular formula is C27H24FNO4. The van der Waals surface area contributed by atoms with Crippen LogP contribution in [0.15, 0.2) is 71.8 Å². The number of hydrogen-bond donors (Lipinski definition) is 0. The third-order valence-electron chi connectivity index (χ3n) is 6.76. The Hall–Kier alpha value is -3.38. The third kappa shape index (κ3) is 3.28. The number of allylic oxidation sites excluding steroid dienone is 5. The molecule has 6 heteroatoms. The van der Waals surface area contributed by atoms with Gasteiger partial charge in [-0.3, -0.25) is 4.79 Å². The number of carbonyl (C=O) groups excluding carboxylic acids is 1. The van der Waals surface area contributed by atoms with Gasteiger partial charge in [-0.2, -0.15) is 0 Å². The van der Waals surface area contributed by atoms with Crippen molar-refractivity contribution in [2.24, 2.45) is 0 Å². The zero-order valence-corrected chi connectivity index (χ0v) is 18.2. The number of fused-ring (bicyclic) bond motifs is 4. The highest BCUT2D eigenvalue weighted by molar-refractivity contribution is 5.95. The maximum absolute atomic E-state index is 15.1. The van der Waals surface area contributed by atoms with E-state index in [9.17, 15) is 4.79 Å². The molecule has 6 rings (SSSR count). The number of carbonyl (C=O) groups is 1. The van der Waals surface area contributed by atoms with E-state index in [1.54, 1.807) is 4.90 Å². The minimum Gasteiger partial charge on any atom is -0.441 e. The lowest BCUT2D eigenvalue weighted by Gasteiger charge is -2.31. The molecule has 2 aliphatic heterocycles. The van der Waals surface area contributed by atoms with Gasteiger partial charge in [0.25, 0.3) is 5.91 Å². The molecule has 2 heterocycles. The summed E-state index contributed by atoms with van der Waals surface area (Å²) in [7, 11) is 0. The van der Waals surface area contributed by atoms with Gasteiger partial charge in [-0.05, 0) is 36.5 Å². The predicted octanol–water partition coefficient (Wildman–Crippen LogP) is 4.68. The second-order valence-electron chi connectivity index (χ2n) is 8.66. The van der Waals surface area contributed by atoms with E-state index in [-0.39, 0.29) is 11.5 Å². The fraction of sp³-hybridized carbons (Fsp3) is 0.296. The summed E-state index contributed by atoms with van der Waals surface area (Å²) in [6, 6.07) is 10.9. The monoisotopic (exact) mass is 445 g/mol. The molecule has 2 aliphatic carbocycles. The lowest BCUT2D eigenvalue weighted by atomic mass is 9.91. The highest BCUT2D eigenvalue weighted by atomic mass is 19.1. The van der Waals surface area contributed by atoms with Crippen LogP contribution in [0, 0.1) is 5.82 Å². The lowest BCUT2D eigenvalue weighted by molar-refractivity contribution is -0.0522. The predicted molar refractivity (Wildman–Crippen MR) is 121 cm³/mol.